The van der Waals surface area contributed by atoms with Crippen molar-refractivity contribution in [2.75, 3.05) is 13.1 Å². The number of aliphatic imine (C=N–C) groups is 2. The summed E-state index contributed by atoms with van der Waals surface area (Å²) in [5, 5.41) is 0. The van der Waals surface area contributed by atoms with Crippen LogP contribution in [-0.4, -0.2) is 59.2 Å². The average molecular weight is 613 g/mol. The molecule has 4 aliphatic heterocycles. The molecule has 0 saturated carbocycles. The van der Waals surface area contributed by atoms with E-state index in [-0.39, 0.29) is 23.9 Å². The number of hydrogen-bond acceptors (Lipinski definition) is 6. The fourth-order valence-corrected chi connectivity index (χ4v) is 6.58. The van der Waals surface area contributed by atoms with E-state index in [0.29, 0.717) is 60.3 Å². The second kappa shape index (κ2) is 11.9. The van der Waals surface area contributed by atoms with Crippen LogP contribution in [-0.2, 0) is 13.2 Å². The highest BCUT2D eigenvalue weighted by Gasteiger charge is 2.35. The van der Waals surface area contributed by atoms with Gasteiger partial charge in [-0.1, -0.05) is 36.5 Å². The molecule has 4 aliphatic rings. The zero-order chi connectivity index (χ0) is 31.9. The van der Waals surface area contributed by atoms with Gasteiger partial charge in [-0.3, -0.25) is 19.6 Å². The molecule has 0 unspecified atom stereocenters. The Balaban J connectivity index is 1.07. The largest absolute Gasteiger partial charge is 0.489 e. The van der Waals surface area contributed by atoms with Crippen molar-refractivity contribution in [1.29, 1.82) is 0 Å². The van der Waals surface area contributed by atoms with Crippen LogP contribution < -0.4 is 9.47 Å². The normalized spacial score (nSPS) is 20.0. The van der Waals surface area contributed by atoms with Crippen LogP contribution in [0.15, 0.2) is 88.9 Å². The summed E-state index contributed by atoms with van der Waals surface area (Å²) in [6, 6.07) is 15.3. The van der Waals surface area contributed by atoms with Crippen LogP contribution in [0.1, 0.15) is 62.7 Å². The van der Waals surface area contributed by atoms with E-state index in [2.05, 4.69) is 41.3 Å². The van der Waals surface area contributed by atoms with Crippen molar-refractivity contribution in [2.24, 2.45) is 9.98 Å². The van der Waals surface area contributed by atoms with Gasteiger partial charge in [0.05, 0.1) is 34.6 Å². The third-order valence-corrected chi connectivity index (χ3v) is 8.83. The molecule has 8 heteroatoms. The Morgan fingerprint density at radius 3 is 2.07 bits per heavy atom. The lowest BCUT2D eigenvalue weighted by molar-refractivity contribution is 0.0770. The van der Waals surface area contributed by atoms with Gasteiger partial charge in [-0.2, -0.15) is 0 Å². The molecule has 3 aromatic carbocycles. The molecule has 4 heterocycles. The number of allylic oxidation sites excluding steroid dienone is 1. The van der Waals surface area contributed by atoms with E-state index in [1.165, 1.54) is 0 Å². The van der Waals surface area contributed by atoms with Gasteiger partial charge in [0.2, 0.25) is 0 Å². The van der Waals surface area contributed by atoms with Gasteiger partial charge in [0.1, 0.15) is 24.7 Å². The topological polar surface area (TPSA) is 83.8 Å². The molecule has 2 fully saturated rings. The number of fused-ring (bicyclic) bond motifs is 4. The van der Waals surface area contributed by atoms with Crippen molar-refractivity contribution < 1.29 is 19.1 Å². The summed E-state index contributed by atoms with van der Waals surface area (Å²) in [5.41, 5.74) is 8.39. The third kappa shape index (κ3) is 5.67. The highest BCUT2D eigenvalue weighted by molar-refractivity contribution is 6.04. The van der Waals surface area contributed by atoms with Crippen LogP contribution in [0, 0.1) is 6.92 Å². The van der Waals surface area contributed by atoms with Crippen molar-refractivity contribution in [1.82, 2.24) is 9.80 Å². The van der Waals surface area contributed by atoms with E-state index >= 15 is 0 Å². The first-order chi connectivity index (χ1) is 22.2. The van der Waals surface area contributed by atoms with E-state index in [1.54, 1.807) is 6.07 Å². The molecule has 0 aromatic heterocycles. The third-order valence-electron chi connectivity index (χ3n) is 8.83. The number of hydrogen-bond donors (Lipinski definition) is 0. The highest BCUT2D eigenvalue weighted by Crippen LogP contribution is 2.36. The van der Waals surface area contributed by atoms with Crippen LogP contribution in [0.4, 0.5) is 11.4 Å². The predicted octanol–water partition coefficient (Wildman–Crippen LogP) is 7.16. The van der Waals surface area contributed by atoms with Gasteiger partial charge in [0.15, 0.2) is 0 Å². The SMILES string of the molecule is C=C1C[C@H]2C=Nc3cc(OCc4cc(C=CC)cc(COc5cc6c(cc5C)C(=O)N5CC(=C)C[C@H]5C=N6)c4)ccc3C(=O)N2C1. The molecule has 0 spiro atoms. The van der Waals surface area contributed by atoms with Crippen LogP contribution in [0.2, 0.25) is 0 Å². The first kappa shape index (κ1) is 29.5. The summed E-state index contributed by atoms with van der Waals surface area (Å²) in [5.74, 6) is 1.29. The lowest BCUT2D eigenvalue weighted by atomic mass is 10.1. The van der Waals surface area contributed by atoms with E-state index in [0.717, 1.165) is 46.2 Å². The second-order valence-corrected chi connectivity index (χ2v) is 12.4. The van der Waals surface area contributed by atoms with Crippen molar-refractivity contribution >= 4 is 41.7 Å². The lowest BCUT2D eigenvalue weighted by Crippen LogP contribution is -2.35. The van der Waals surface area contributed by atoms with E-state index < -0.39 is 0 Å². The Kier molecular flexibility index (Phi) is 7.64. The van der Waals surface area contributed by atoms with Crippen LogP contribution >= 0.6 is 0 Å². The van der Waals surface area contributed by atoms with Crippen molar-refractivity contribution in [3.63, 3.8) is 0 Å². The van der Waals surface area contributed by atoms with Crippen LogP contribution in [0.3, 0.4) is 0 Å². The number of carbonyl (C=O) groups excluding carboxylic acids is 2. The maximum Gasteiger partial charge on any atom is 0.256 e. The van der Waals surface area contributed by atoms with Gasteiger partial charge in [-0.25, -0.2) is 0 Å². The fourth-order valence-electron chi connectivity index (χ4n) is 6.58. The first-order valence-corrected chi connectivity index (χ1v) is 15.6. The molecule has 0 aliphatic carbocycles. The number of nitrogens with zero attached hydrogens (tertiary/aromatic N) is 4. The van der Waals surface area contributed by atoms with E-state index in [1.807, 2.05) is 72.5 Å². The van der Waals surface area contributed by atoms with Crippen LogP contribution in [0.5, 0.6) is 11.5 Å². The minimum Gasteiger partial charge on any atom is -0.489 e. The molecule has 0 N–H and O–H groups in total. The fraction of sp³-hybridized carbons (Fsp3) is 0.263. The number of ether oxygens (including phenoxy) is 2. The molecule has 0 radical (unpaired) electrons. The summed E-state index contributed by atoms with van der Waals surface area (Å²) in [6.45, 7) is 13.8. The minimum absolute atomic E-state index is 0.0194. The maximum absolute atomic E-state index is 13.3. The molecule has 46 heavy (non-hydrogen) atoms. The molecule has 8 nitrogen and oxygen atoms in total. The summed E-state index contributed by atoms with van der Waals surface area (Å²) in [6.07, 6.45) is 9.23. The Morgan fingerprint density at radius 1 is 0.804 bits per heavy atom. The lowest BCUT2D eigenvalue weighted by Gasteiger charge is -2.20. The molecule has 2 amide bonds. The Morgan fingerprint density at radius 2 is 1.41 bits per heavy atom. The molecular formula is C38H36N4O4. The molecule has 2 saturated heterocycles. The quantitative estimate of drug-likeness (QED) is 0.265. The van der Waals surface area contributed by atoms with Gasteiger partial charge in [0.25, 0.3) is 11.8 Å². The maximum atomic E-state index is 13.3. The van der Waals surface area contributed by atoms with Gasteiger partial charge in [0, 0.05) is 37.7 Å². The van der Waals surface area contributed by atoms with Crippen molar-refractivity contribution in [3.05, 3.63) is 112 Å². The summed E-state index contributed by atoms with van der Waals surface area (Å²) in [4.78, 5) is 39.4. The smallest absolute Gasteiger partial charge is 0.256 e. The Hall–Kier alpha value is -5.24. The first-order valence-electron chi connectivity index (χ1n) is 15.6. The number of carbonyl (C=O) groups is 2. The predicted molar refractivity (Wildman–Crippen MR) is 181 cm³/mol. The van der Waals surface area contributed by atoms with Crippen molar-refractivity contribution in [2.45, 2.75) is 52.0 Å². The molecule has 7 rings (SSSR count). The van der Waals surface area contributed by atoms with Gasteiger partial charge < -0.3 is 19.3 Å². The summed E-state index contributed by atoms with van der Waals surface area (Å²) < 4.78 is 12.5. The Labute approximate surface area is 269 Å². The average Bonchev–Trinajstić information content (AvgIpc) is 3.55. The monoisotopic (exact) mass is 612 g/mol. The molecule has 2 atom stereocenters. The number of benzene rings is 3. The molecule has 3 aromatic rings. The number of rotatable bonds is 7. The second-order valence-electron chi connectivity index (χ2n) is 12.4. The Bertz CT molecular complexity index is 1890. The van der Waals surface area contributed by atoms with E-state index in [9.17, 15) is 9.59 Å². The van der Waals surface area contributed by atoms with Gasteiger partial charge in [-0.05, 0) is 85.3 Å². The zero-order valence-electron chi connectivity index (χ0n) is 26.2. The summed E-state index contributed by atoms with van der Waals surface area (Å²) in [7, 11) is 0. The standard InChI is InChI=1S/C38H36N4O4/c1-5-6-26-12-27(21-45-31-7-8-32-34(15-31)39-17-29-9-23(2)19-41(29)37(32)43)14-28(13-26)22-46-36-16-35-33(11-25(36)4)38(44)42-20-24(3)10-30(42)18-40-35/h5-8,11-18,29-30H,2-3,9-10,19-22H2,1,4H3/t29-,30-/m0/s1. The highest BCUT2D eigenvalue weighted by atomic mass is 16.5. The number of amides is 2. The molecule has 232 valence electrons. The summed E-state index contributed by atoms with van der Waals surface area (Å²) >= 11 is 0. The zero-order valence-corrected chi connectivity index (χ0v) is 26.2. The van der Waals surface area contributed by atoms with Crippen LogP contribution in [0.25, 0.3) is 6.08 Å². The van der Waals surface area contributed by atoms with E-state index in [4.69, 9.17) is 9.47 Å². The van der Waals surface area contributed by atoms with Gasteiger partial charge >= 0.3 is 0 Å². The van der Waals surface area contributed by atoms with Crippen molar-refractivity contribution in [3.8, 4) is 11.5 Å². The molecule has 0 bridgehead atoms. The number of aryl methyl sites for hydroxylation is 1. The minimum atomic E-state index is -0.0494. The van der Waals surface area contributed by atoms with Gasteiger partial charge in [-0.15, -0.1) is 0 Å². The molecular weight excluding hydrogens is 576 g/mol.